The number of nitrogens with one attached hydrogen (secondary N) is 1. The van der Waals surface area contributed by atoms with Crippen molar-refractivity contribution in [2.75, 3.05) is 0 Å². The maximum absolute atomic E-state index is 4.41. The zero-order valence-corrected chi connectivity index (χ0v) is 12.1. The van der Waals surface area contributed by atoms with Gasteiger partial charge in [-0.05, 0) is 23.6 Å². The summed E-state index contributed by atoms with van der Waals surface area (Å²) in [5.74, 6) is 0. The van der Waals surface area contributed by atoms with Crippen molar-refractivity contribution in [1.29, 1.82) is 0 Å². The van der Waals surface area contributed by atoms with Gasteiger partial charge in [-0.25, -0.2) is 0 Å². The second kappa shape index (κ2) is 6.53. The van der Waals surface area contributed by atoms with E-state index in [0.717, 1.165) is 19.5 Å². The van der Waals surface area contributed by atoms with Gasteiger partial charge in [-0.2, -0.15) is 5.10 Å². The molecule has 19 heavy (non-hydrogen) atoms. The molecule has 2 aromatic rings. The first-order chi connectivity index (χ1) is 9.19. The Kier molecular flexibility index (Phi) is 4.74. The average molecular weight is 257 g/mol. The second-order valence-electron chi connectivity index (χ2n) is 5.19. The number of hydrogen-bond acceptors (Lipinski definition) is 2. The Labute approximate surface area is 115 Å². The average Bonchev–Trinajstić information content (AvgIpc) is 2.84. The molecule has 0 fully saturated rings. The Balaban J connectivity index is 2.03. The van der Waals surface area contributed by atoms with E-state index in [-0.39, 0.29) is 0 Å². The van der Waals surface area contributed by atoms with Gasteiger partial charge in [-0.15, -0.1) is 0 Å². The molecular weight excluding hydrogens is 234 g/mol. The van der Waals surface area contributed by atoms with Crippen LogP contribution in [0.1, 0.15) is 37.6 Å². The van der Waals surface area contributed by atoms with Crippen LogP contribution in [-0.2, 0) is 19.5 Å². The lowest BCUT2D eigenvalue weighted by Gasteiger charge is -2.11. The van der Waals surface area contributed by atoms with Crippen molar-refractivity contribution in [3.05, 3.63) is 53.3 Å². The summed E-state index contributed by atoms with van der Waals surface area (Å²) in [5, 5.41) is 7.84. The summed E-state index contributed by atoms with van der Waals surface area (Å²) in [6.07, 6.45) is 2.96. The highest BCUT2D eigenvalue weighted by Gasteiger charge is 2.04. The molecule has 0 saturated carbocycles. The summed E-state index contributed by atoms with van der Waals surface area (Å²) in [4.78, 5) is 0. The van der Waals surface area contributed by atoms with E-state index in [9.17, 15) is 0 Å². The van der Waals surface area contributed by atoms with E-state index >= 15 is 0 Å². The lowest BCUT2D eigenvalue weighted by molar-refractivity contribution is 0.547. The third-order valence-electron chi connectivity index (χ3n) is 3.26. The van der Waals surface area contributed by atoms with Gasteiger partial charge in [0.25, 0.3) is 0 Å². The summed E-state index contributed by atoms with van der Waals surface area (Å²) in [7, 11) is 0. The molecule has 0 bridgehead atoms. The maximum Gasteiger partial charge on any atom is 0.0663 e. The number of rotatable bonds is 6. The maximum atomic E-state index is 4.41. The lowest BCUT2D eigenvalue weighted by atomic mass is 10.1. The first-order valence-electron chi connectivity index (χ1n) is 7.01. The number of aromatic nitrogens is 2. The lowest BCUT2D eigenvalue weighted by Crippen LogP contribution is -2.23. The Bertz CT molecular complexity index is 497. The fourth-order valence-corrected chi connectivity index (χ4v) is 2.01. The topological polar surface area (TPSA) is 29.9 Å². The smallest absolute Gasteiger partial charge is 0.0663 e. The van der Waals surface area contributed by atoms with Crippen molar-refractivity contribution < 1.29 is 0 Å². The van der Waals surface area contributed by atoms with Gasteiger partial charge in [0.1, 0.15) is 0 Å². The van der Waals surface area contributed by atoms with E-state index in [1.165, 1.54) is 16.8 Å². The van der Waals surface area contributed by atoms with Crippen molar-refractivity contribution in [2.24, 2.45) is 0 Å². The minimum atomic E-state index is 0.493. The predicted molar refractivity (Wildman–Crippen MR) is 79.1 cm³/mol. The van der Waals surface area contributed by atoms with E-state index < -0.39 is 0 Å². The van der Waals surface area contributed by atoms with Gasteiger partial charge < -0.3 is 5.32 Å². The minimum absolute atomic E-state index is 0.493. The molecule has 1 aromatic carbocycles. The van der Waals surface area contributed by atoms with Crippen molar-refractivity contribution in [3.8, 4) is 0 Å². The van der Waals surface area contributed by atoms with Crippen LogP contribution in [0.25, 0.3) is 0 Å². The quantitative estimate of drug-likeness (QED) is 0.862. The first kappa shape index (κ1) is 13.8. The van der Waals surface area contributed by atoms with Crippen LogP contribution in [0.2, 0.25) is 0 Å². The van der Waals surface area contributed by atoms with Crippen molar-refractivity contribution in [2.45, 2.75) is 46.3 Å². The highest BCUT2D eigenvalue weighted by atomic mass is 15.3. The summed E-state index contributed by atoms with van der Waals surface area (Å²) in [5.41, 5.74) is 3.91. The Morgan fingerprint density at radius 2 is 1.79 bits per heavy atom. The highest BCUT2D eigenvalue weighted by Crippen LogP contribution is 2.08. The van der Waals surface area contributed by atoms with Gasteiger partial charge in [0.15, 0.2) is 0 Å². The van der Waals surface area contributed by atoms with Gasteiger partial charge in [0, 0.05) is 18.8 Å². The summed E-state index contributed by atoms with van der Waals surface area (Å²) in [6, 6.07) is 11.4. The van der Waals surface area contributed by atoms with Crippen LogP contribution in [0.5, 0.6) is 0 Å². The van der Waals surface area contributed by atoms with Crippen molar-refractivity contribution >= 4 is 0 Å². The SMILES string of the molecule is CCc1ccc(Cn2nccc2CNC(C)C)cc1. The zero-order chi connectivity index (χ0) is 13.7. The van der Waals surface area contributed by atoms with Crippen LogP contribution >= 0.6 is 0 Å². The number of nitrogens with zero attached hydrogens (tertiary/aromatic N) is 2. The molecular formula is C16H23N3. The van der Waals surface area contributed by atoms with Gasteiger partial charge in [-0.3, -0.25) is 4.68 Å². The molecule has 0 radical (unpaired) electrons. The molecule has 3 nitrogen and oxygen atoms in total. The highest BCUT2D eigenvalue weighted by molar-refractivity contribution is 5.23. The summed E-state index contributed by atoms with van der Waals surface area (Å²) >= 11 is 0. The van der Waals surface area contributed by atoms with Gasteiger partial charge in [-0.1, -0.05) is 45.0 Å². The summed E-state index contributed by atoms with van der Waals surface area (Å²) in [6.45, 7) is 8.20. The molecule has 0 unspecified atom stereocenters. The normalized spacial score (nSPS) is 11.2. The monoisotopic (exact) mass is 257 g/mol. The van der Waals surface area contributed by atoms with E-state index in [2.05, 4.69) is 66.2 Å². The molecule has 0 aliphatic carbocycles. The minimum Gasteiger partial charge on any atom is -0.309 e. The van der Waals surface area contributed by atoms with Crippen LogP contribution < -0.4 is 5.32 Å². The third-order valence-corrected chi connectivity index (χ3v) is 3.26. The molecule has 0 spiro atoms. The largest absolute Gasteiger partial charge is 0.309 e. The molecule has 102 valence electrons. The summed E-state index contributed by atoms with van der Waals surface area (Å²) < 4.78 is 2.07. The van der Waals surface area contributed by atoms with Crippen LogP contribution in [0, 0.1) is 0 Å². The molecule has 2 rings (SSSR count). The van der Waals surface area contributed by atoms with Crippen LogP contribution in [0.15, 0.2) is 36.5 Å². The third kappa shape index (κ3) is 3.93. The van der Waals surface area contributed by atoms with E-state index in [1.807, 2.05) is 6.20 Å². The molecule has 0 aliphatic rings. The molecule has 3 heteroatoms. The molecule has 1 N–H and O–H groups in total. The predicted octanol–water partition coefficient (Wildman–Crippen LogP) is 2.99. The van der Waals surface area contributed by atoms with E-state index in [1.54, 1.807) is 0 Å². The zero-order valence-electron chi connectivity index (χ0n) is 12.1. The van der Waals surface area contributed by atoms with Gasteiger partial charge >= 0.3 is 0 Å². The van der Waals surface area contributed by atoms with E-state index in [0.29, 0.717) is 6.04 Å². The number of aryl methyl sites for hydroxylation is 1. The van der Waals surface area contributed by atoms with Gasteiger partial charge in [0.05, 0.1) is 12.2 Å². The molecule has 0 saturated heterocycles. The Morgan fingerprint density at radius 3 is 2.42 bits per heavy atom. The second-order valence-corrected chi connectivity index (χ2v) is 5.19. The van der Waals surface area contributed by atoms with E-state index in [4.69, 9.17) is 0 Å². The standard InChI is InChI=1S/C16H23N3/c1-4-14-5-7-15(8-6-14)12-19-16(9-10-18-19)11-17-13(2)3/h5-10,13,17H,4,11-12H2,1-3H3. The van der Waals surface area contributed by atoms with Crippen molar-refractivity contribution in [1.82, 2.24) is 15.1 Å². The molecule has 1 aromatic heterocycles. The van der Waals surface area contributed by atoms with Crippen LogP contribution in [0.3, 0.4) is 0 Å². The van der Waals surface area contributed by atoms with Crippen LogP contribution in [0.4, 0.5) is 0 Å². The first-order valence-corrected chi connectivity index (χ1v) is 7.01. The number of benzene rings is 1. The van der Waals surface area contributed by atoms with Gasteiger partial charge in [0.2, 0.25) is 0 Å². The molecule has 1 heterocycles. The number of hydrogen-bond donors (Lipinski definition) is 1. The Morgan fingerprint density at radius 1 is 1.11 bits per heavy atom. The fraction of sp³-hybridized carbons (Fsp3) is 0.438. The molecule has 0 amide bonds. The molecule has 0 aliphatic heterocycles. The molecule has 0 atom stereocenters. The van der Waals surface area contributed by atoms with Crippen molar-refractivity contribution in [3.63, 3.8) is 0 Å². The Hall–Kier alpha value is -1.61. The van der Waals surface area contributed by atoms with Crippen LogP contribution in [-0.4, -0.2) is 15.8 Å². The fourth-order valence-electron chi connectivity index (χ4n) is 2.01.